The van der Waals surface area contributed by atoms with Gasteiger partial charge in [-0.2, -0.15) is 0 Å². The van der Waals surface area contributed by atoms with Gasteiger partial charge in [0.15, 0.2) is 0 Å². The molecule has 1 fully saturated rings. The minimum atomic E-state index is -1.29. The molecule has 0 spiro atoms. The Morgan fingerprint density at radius 1 is 1.56 bits per heavy atom. The number of nitrogens with one attached hydrogen (secondary N) is 1. The average molecular weight is 259 g/mol. The molecule has 0 bridgehead atoms. The van der Waals surface area contributed by atoms with E-state index in [0.717, 1.165) is 19.4 Å². The van der Waals surface area contributed by atoms with Gasteiger partial charge in [0.1, 0.15) is 11.6 Å². The normalized spacial score (nSPS) is 21.6. The van der Waals surface area contributed by atoms with Gasteiger partial charge in [-0.15, -0.1) is 0 Å². The van der Waals surface area contributed by atoms with E-state index < -0.39 is 23.5 Å². The van der Waals surface area contributed by atoms with Gasteiger partial charge in [0.25, 0.3) is 0 Å². The maximum atomic E-state index is 11.7. The molecule has 0 aromatic carbocycles. The van der Waals surface area contributed by atoms with Crippen LogP contribution in [0.5, 0.6) is 0 Å². The van der Waals surface area contributed by atoms with E-state index in [0.29, 0.717) is 6.61 Å². The maximum Gasteiger partial charge on any atom is 0.328 e. The molecule has 1 heterocycles. The lowest BCUT2D eigenvalue weighted by molar-refractivity contribution is -0.148. The van der Waals surface area contributed by atoms with E-state index in [1.807, 2.05) is 0 Å². The van der Waals surface area contributed by atoms with Gasteiger partial charge in [0, 0.05) is 6.61 Å². The molecular formula is C12H21NO5. The van der Waals surface area contributed by atoms with E-state index in [1.54, 1.807) is 6.92 Å². The Labute approximate surface area is 107 Å². The molecule has 0 aliphatic carbocycles. The van der Waals surface area contributed by atoms with Crippen molar-refractivity contribution in [1.29, 1.82) is 0 Å². The van der Waals surface area contributed by atoms with Gasteiger partial charge in [-0.25, -0.2) is 4.79 Å². The fraction of sp³-hybridized carbons (Fsp3) is 0.833. The molecule has 1 amide bonds. The minimum Gasteiger partial charge on any atom is -0.480 e. The summed E-state index contributed by atoms with van der Waals surface area (Å²) in [5, 5.41) is 11.3. The van der Waals surface area contributed by atoms with E-state index in [1.165, 1.54) is 13.8 Å². The van der Waals surface area contributed by atoms with Crippen LogP contribution in [-0.2, 0) is 19.1 Å². The van der Waals surface area contributed by atoms with Crippen LogP contribution < -0.4 is 5.32 Å². The first-order valence-electron chi connectivity index (χ1n) is 6.11. The fourth-order valence-corrected chi connectivity index (χ4v) is 1.57. The molecule has 0 saturated carbocycles. The maximum absolute atomic E-state index is 11.7. The van der Waals surface area contributed by atoms with Crippen molar-refractivity contribution in [2.75, 3.05) is 13.2 Å². The van der Waals surface area contributed by atoms with Gasteiger partial charge >= 0.3 is 5.97 Å². The third kappa shape index (κ3) is 4.27. The summed E-state index contributed by atoms with van der Waals surface area (Å²) in [6.45, 7) is 5.56. The average Bonchev–Trinajstić information content (AvgIpc) is 2.77. The summed E-state index contributed by atoms with van der Waals surface area (Å²) >= 11 is 0. The van der Waals surface area contributed by atoms with Crippen molar-refractivity contribution < 1.29 is 24.2 Å². The molecule has 1 aliphatic heterocycles. The molecular weight excluding hydrogens is 238 g/mol. The molecule has 1 aliphatic rings. The first-order valence-corrected chi connectivity index (χ1v) is 6.11. The molecule has 2 atom stereocenters. The zero-order chi connectivity index (χ0) is 13.8. The monoisotopic (exact) mass is 259 g/mol. The molecule has 0 aromatic rings. The number of carboxylic acid groups (broad SMARTS) is 1. The molecule has 6 heteroatoms. The number of carbonyl (C=O) groups is 2. The van der Waals surface area contributed by atoms with E-state index in [9.17, 15) is 9.59 Å². The Morgan fingerprint density at radius 2 is 2.22 bits per heavy atom. The molecule has 1 saturated heterocycles. The molecule has 6 nitrogen and oxygen atoms in total. The quantitative estimate of drug-likeness (QED) is 0.727. The summed E-state index contributed by atoms with van der Waals surface area (Å²) < 4.78 is 10.8. The number of rotatable bonds is 6. The Morgan fingerprint density at radius 3 is 2.72 bits per heavy atom. The van der Waals surface area contributed by atoms with E-state index in [-0.39, 0.29) is 6.10 Å². The van der Waals surface area contributed by atoms with Crippen LogP contribution in [0.2, 0.25) is 0 Å². The molecule has 104 valence electrons. The Bertz CT molecular complexity index is 310. The molecule has 0 unspecified atom stereocenters. The predicted octanol–water partition coefficient (Wildman–Crippen LogP) is 0.550. The summed E-state index contributed by atoms with van der Waals surface area (Å²) in [4.78, 5) is 22.6. The number of hydrogen-bond acceptors (Lipinski definition) is 4. The van der Waals surface area contributed by atoms with Crippen molar-refractivity contribution in [3.8, 4) is 0 Å². The number of aliphatic carboxylic acids is 1. The zero-order valence-corrected chi connectivity index (χ0v) is 11.1. The first-order chi connectivity index (χ1) is 8.33. The molecule has 18 heavy (non-hydrogen) atoms. The standard InChI is InChI=1S/C12H21NO5/c1-8(18-7-9-5-4-6-17-9)10(14)13-12(2,3)11(15)16/h8-9H,4-7H2,1-3H3,(H,13,14)(H,15,16)/t8-,9+/m1/s1. The lowest BCUT2D eigenvalue weighted by atomic mass is 10.1. The number of ether oxygens (including phenoxy) is 2. The second kappa shape index (κ2) is 6.15. The zero-order valence-electron chi connectivity index (χ0n) is 11.1. The van der Waals surface area contributed by atoms with Crippen molar-refractivity contribution in [1.82, 2.24) is 5.32 Å². The molecule has 1 rings (SSSR count). The second-order valence-electron chi connectivity index (χ2n) is 5.03. The number of hydrogen-bond donors (Lipinski definition) is 2. The third-order valence-electron chi connectivity index (χ3n) is 2.90. The van der Waals surface area contributed by atoms with Crippen molar-refractivity contribution in [3.63, 3.8) is 0 Å². The van der Waals surface area contributed by atoms with Gasteiger partial charge in [-0.3, -0.25) is 4.79 Å². The Balaban J connectivity index is 2.34. The van der Waals surface area contributed by atoms with Crippen LogP contribution in [-0.4, -0.2) is 47.9 Å². The van der Waals surface area contributed by atoms with Crippen LogP contribution in [0.15, 0.2) is 0 Å². The van der Waals surface area contributed by atoms with Crippen molar-refractivity contribution >= 4 is 11.9 Å². The topological polar surface area (TPSA) is 84.9 Å². The summed E-state index contributed by atoms with van der Waals surface area (Å²) in [5.74, 6) is -1.51. The van der Waals surface area contributed by atoms with Crippen LogP contribution in [0, 0.1) is 0 Å². The lowest BCUT2D eigenvalue weighted by Gasteiger charge is -2.24. The third-order valence-corrected chi connectivity index (χ3v) is 2.90. The number of carboxylic acids is 1. The Kier molecular flexibility index (Phi) is 5.10. The molecule has 0 radical (unpaired) electrons. The fourth-order valence-electron chi connectivity index (χ4n) is 1.57. The summed E-state index contributed by atoms with van der Waals surface area (Å²) in [7, 11) is 0. The smallest absolute Gasteiger partial charge is 0.328 e. The van der Waals surface area contributed by atoms with Gasteiger partial charge in [0.2, 0.25) is 5.91 Å². The summed E-state index contributed by atoms with van der Waals surface area (Å²) in [6, 6.07) is 0. The van der Waals surface area contributed by atoms with E-state index in [4.69, 9.17) is 14.6 Å². The van der Waals surface area contributed by atoms with Crippen molar-refractivity contribution in [3.05, 3.63) is 0 Å². The second-order valence-corrected chi connectivity index (χ2v) is 5.03. The van der Waals surface area contributed by atoms with E-state index in [2.05, 4.69) is 5.32 Å². The van der Waals surface area contributed by atoms with Crippen molar-refractivity contribution in [2.45, 2.75) is 51.4 Å². The van der Waals surface area contributed by atoms with Gasteiger partial charge in [-0.1, -0.05) is 0 Å². The highest BCUT2D eigenvalue weighted by Crippen LogP contribution is 2.13. The van der Waals surface area contributed by atoms with Gasteiger partial charge < -0.3 is 19.9 Å². The number of carbonyl (C=O) groups excluding carboxylic acids is 1. The number of amides is 1. The highest BCUT2D eigenvalue weighted by atomic mass is 16.5. The van der Waals surface area contributed by atoms with E-state index >= 15 is 0 Å². The van der Waals surface area contributed by atoms with Gasteiger partial charge in [0.05, 0.1) is 12.7 Å². The first kappa shape index (κ1) is 14.9. The summed E-state index contributed by atoms with van der Waals surface area (Å²) in [6.07, 6.45) is 1.32. The minimum absolute atomic E-state index is 0.0488. The van der Waals surface area contributed by atoms with Crippen LogP contribution in [0.1, 0.15) is 33.6 Å². The van der Waals surface area contributed by atoms with Crippen LogP contribution in [0.3, 0.4) is 0 Å². The van der Waals surface area contributed by atoms with Crippen LogP contribution in [0.4, 0.5) is 0 Å². The lowest BCUT2D eigenvalue weighted by Crippen LogP contribution is -2.52. The van der Waals surface area contributed by atoms with Gasteiger partial charge in [-0.05, 0) is 33.6 Å². The van der Waals surface area contributed by atoms with Crippen molar-refractivity contribution in [2.24, 2.45) is 0 Å². The highest BCUT2D eigenvalue weighted by molar-refractivity contribution is 5.88. The molecule has 2 N–H and O–H groups in total. The summed E-state index contributed by atoms with van der Waals surface area (Å²) in [5.41, 5.74) is -1.29. The SMILES string of the molecule is C[C@@H](OC[C@@H]1CCCO1)C(=O)NC(C)(C)C(=O)O. The largest absolute Gasteiger partial charge is 0.480 e. The Hall–Kier alpha value is -1.14. The van der Waals surface area contributed by atoms with Crippen LogP contribution >= 0.6 is 0 Å². The highest BCUT2D eigenvalue weighted by Gasteiger charge is 2.31. The van der Waals surface area contributed by atoms with Crippen LogP contribution in [0.25, 0.3) is 0 Å². The molecule has 0 aromatic heterocycles. The predicted molar refractivity (Wildman–Crippen MR) is 64.2 cm³/mol.